The maximum atomic E-state index is 8.55. The van der Waals surface area contributed by atoms with Crippen LogP contribution >= 0.6 is 7.82 Å². The summed E-state index contributed by atoms with van der Waals surface area (Å²) in [6, 6.07) is 0. The van der Waals surface area contributed by atoms with Crippen molar-refractivity contribution in [3.05, 3.63) is 0 Å². The van der Waals surface area contributed by atoms with Crippen molar-refractivity contribution in [2.75, 3.05) is 0 Å². The summed E-state index contributed by atoms with van der Waals surface area (Å²) in [5.74, 6) is 0. The molecule has 0 saturated carbocycles. The molecule has 38 valence electrons. The van der Waals surface area contributed by atoms with Crippen LogP contribution in [0.5, 0.6) is 0 Å². The third-order valence-corrected chi connectivity index (χ3v) is 0. The minimum Gasteiger partial charge on any atom is -0.822 e. The van der Waals surface area contributed by atoms with Crippen LogP contribution in [0, 0.1) is 0 Å². The van der Waals surface area contributed by atoms with Crippen LogP contribution < -0.4 is 14.7 Å². The fourth-order valence-electron chi connectivity index (χ4n) is 0. The summed E-state index contributed by atoms with van der Waals surface area (Å²) >= 11 is 0. The van der Waals surface area contributed by atoms with Crippen LogP contribution in [-0.4, -0.2) is 55.1 Å². The molecule has 4 nitrogen and oxygen atoms in total. The molecular formula is AlCaCrO4P+2. The molecule has 0 spiro atoms. The maximum absolute atomic E-state index is 8.55. The van der Waals surface area contributed by atoms with Crippen molar-refractivity contribution in [2.24, 2.45) is 0 Å². The molecule has 0 aliphatic carbocycles. The molecule has 0 atom stereocenters. The fourth-order valence-corrected chi connectivity index (χ4v) is 0. The monoisotopic (exact) mass is 214 g/mol. The Morgan fingerprint density at radius 2 is 1.12 bits per heavy atom. The second kappa shape index (κ2) is 9.43. The van der Waals surface area contributed by atoms with Gasteiger partial charge in [0, 0.05) is 17.4 Å². The molecule has 0 aliphatic rings. The van der Waals surface area contributed by atoms with E-state index in [1.807, 2.05) is 0 Å². The smallest absolute Gasteiger partial charge is 0.822 e. The van der Waals surface area contributed by atoms with Gasteiger partial charge in [0.15, 0.2) is 0 Å². The van der Waals surface area contributed by atoms with Crippen molar-refractivity contribution in [2.45, 2.75) is 0 Å². The Bertz CT molecular complexity index is 62.2. The Labute approximate surface area is 98.2 Å². The molecule has 0 unspecified atom stereocenters. The van der Waals surface area contributed by atoms with Gasteiger partial charge in [-0.3, -0.25) is 0 Å². The largest absolute Gasteiger partial charge is 3.00 e. The molecule has 0 aromatic heterocycles. The first-order valence-electron chi connectivity index (χ1n) is 0.730. The first kappa shape index (κ1) is 22.4. The van der Waals surface area contributed by atoms with Crippen LogP contribution in [0.25, 0.3) is 0 Å². The van der Waals surface area contributed by atoms with Crippen molar-refractivity contribution in [3.63, 3.8) is 0 Å². The summed E-state index contributed by atoms with van der Waals surface area (Å²) in [7, 11) is -5.39. The van der Waals surface area contributed by atoms with E-state index >= 15 is 0 Å². The molecule has 0 fully saturated rings. The Balaban J connectivity index is -0.0000000267. The summed E-state index contributed by atoms with van der Waals surface area (Å²) in [6.07, 6.45) is 0. The van der Waals surface area contributed by atoms with Gasteiger partial charge in [-0.1, -0.05) is 0 Å². The van der Waals surface area contributed by atoms with Gasteiger partial charge in [-0.2, -0.15) is 7.82 Å². The molecule has 0 amide bonds. The standard InChI is InChI=1S/Al.Ca.Cr.H3O4P/c;;;1-5(2,3)4/h;;;(H3,1,2,3,4)/q+3;+2;;/p-3. The molecule has 0 saturated heterocycles. The van der Waals surface area contributed by atoms with Gasteiger partial charge in [0.05, 0.1) is 0 Å². The van der Waals surface area contributed by atoms with Crippen molar-refractivity contribution in [3.8, 4) is 0 Å². The van der Waals surface area contributed by atoms with Crippen LogP contribution in [0.4, 0.5) is 0 Å². The normalized spacial score (nSPS) is 7.38. The second-order valence-electron chi connectivity index (χ2n) is 0.447. The number of hydrogen-bond acceptors (Lipinski definition) is 4. The predicted molar refractivity (Wildman–Crippen MR) is 19.1 cm³/mol. The van der Waals surface area contributed by atoms with Crippen molar-refractivity contribution < 1.29 is 36.6 Å². The van der Waals surface area contributed by atoms with E-state index in [0.29, 0.717) is 0 Å². The van der Waals surface area contributed by atoms with Crippen LogP contribution in [0.3, 0.4) is 0 Å². The zero-order chi connectivity index (χ0) is 4.50. The summed E-state index contributed by atoms with van der Waals surface area (Å²) in [4.78, 5) is 25.6. The predicted octanol–water partition coefficient (Wildman–Crippen LogP) is -3.59. The van der Waals surface area contributed by atoms with Gasteiger partial charge in [-0.25, -0.2) is 0 Å². The van der Waals surface area contributed by atoms with Gasteiger partial charge in [-0.15, -0.1) is 0 Å². The quantitative estimate of drug-likeness (QED) is 0.308. The van der Waals surface area contributed by atoms with Crippen LogP contribution in [0.1, 0.15) is 0 Å². The molecule has 0 rings (SSSR count). The Kier molecular flexibility index (Phi) is 26.5. The number of hydrogen-bond donors (Lipinski definition) is 0. The van der Waals surface area contributed by atoms with Gasteiger partial charge in [0.1, 0.15) is 0 Å². The third kappa shape index (κ3) is 78.7. The Hall–Kier alpha value is 2.43. The summed E-state index contributed by atoms with van der Waals surface area (Å²) in [5.41, 5.74) is 0. The number of phosphoric acid groups is 1. The summed E-state index contributed by atoms with van der Waals surface area (Å²) < 4.78 is 8.55. The minimum absolute atomic E-state index is 0. The van der Waals surface area contributed by atoms with Gasteiger partial charge in [0.2, 0.25) is 0 Å². The topological polar surface area (TPSA) is 86.2 Å². The molecule has 0 bridgehead atoms. The maximum Gasteiger partial charge on any atom is 3.00 e. The van der Waals surface area contributed by atoms with Crippen LogP contribution in [-0.2, 0) is 21.9 Å². The molecule has 0 aromatic carbocycles. The molecule has 0 N–H and O–H groups in total. The van der Waals surface area contributed by atoms with E-state index in [1.165, 1.54) is 0 Å². The van der Waals surface area contributed by atoms with E-state index < -0.39 is 7.82 Å². The van der Waals surface area contributed by atoms with Crippen molar-refractivity contribution in [1.82, 2.24) is 0 Å². The van der Waals surface area contributed by atoms with Gasteiger partial charge >= 0.3 is 55.1 Å². The van der Waals surface area contributed by atoms with Crippen LogP contribution in [0.15, 0.2) is 0 Å². The van der Waals surface area contributed by atoms with E-state index in [-0.39, 0.29) is 72.5 Å². The SMILES string of the molecule is O=P([O-])([O-])[O-].[Al+3].[Ca+2].[Cr]. The second-order valence-corrected chi connectivity index (χ2v) is 1.34. The Morgan fingerprint density at radius 1 is 1.12 bits per heavy atom. The first-order chi connectivity index (χ1) is 2.00. The van der Waals surface area contributed by atoms with E-state index in [9.17, 15) is 0 Å². The summed E-state index contributed by atoms with van der Waals surface area (Å²) in [5, 5.41) is 0. The zero-order valence-electron chi connectivity index (χ0n) is 3.77. The zero-order valence-corrected chi connectivity index (χ0v) is 9.31. The molecule has 0 heterocycles. The van der Waals surface area contributed by atoms with Gasteiger partial charge in [0.25, 0.3) is 0 Å². The van der Waals surface area contributed by atoms with E-state index in [2.05, 4.69) is 0 Å². The minimum atomic E-state index is -5.39. The number of rotatable bonds is 0. The van der Waals surface area contributed by atoms with Crippen molar-refractivity contribution in [1.29, 1.82) is 0 Å². The van der Waals surface area contributed by atoms with Crippen molar-refractivity contribution >= 4 is 62.9 Å². The van der Waals surface area contributed by atoms with Gasteiger partial charge in [-0.05, 0) is 0 Å². The third-order valence-electron chi connectivity index (χ3n) is 0. The van der Waals surface area contributed by atoms with E-state index in [0.717, 1.165) is 0 Å². The molecule has 8 heteroatoms. The molecule has 0 aromatic rings. The van der Waals surface area contributed by atoms with Gasteiger partial charge < -0.3 is 19.2 Å². The van der Waals surface area contributed by atoms with E-state index in [4.69, 9.17) is 19.2 Å². The molecular weight excluding hydrogens is 214 g/mol. The molecule has 0 radical (unpaired) electrons. The molecule has 0 aliphatic heterocycles. The fraction of sp³-hybridized carbons (Fsp3) is 0. The average molecular weight is 214 g/mol. The first-order valence-corrected chi connectivity index (χ1v) is 2.19. The van der Waals surface area contributed by atoms with E-state index in [1.54, 1.807) is 0 Å². The summed E-state index contributed by atoms with van der Waals surface area (Å²) in [6.45, 7) is 0. The molecule has 8 heavy (non-hydrogen) atoms. The average Bonchev–Trinajstić information content (AvgIpc) is 0.722. The van der Waals surface area contributed by atoms with Crippen LogP contribution in [0.2, 0.25) is 0 Å². The Morgan fingerprint density at radius 3 is 1.12 bits per heavy atom.